The first-order valence-corrected chi connectivity index (χ1v) is 10.1. The summed E-state index contributed by atoms with van der Waals surface area (Å²) in [6, 6.07) is 0. The van der Waals surface area contributed by atoms with Gasteiger partial charge >= 0.3 is 0 Å². The Kier molecular flexibility index (Phi) is 13.6. The van der Waals surface area contributed by atoms with E-state index in [2.05, 4.69) is 6.42 Å². The van der Waals surface area contributed by atoms with Gasteiger partial charge in [0, 0.05) is 31.8 Å². The topological polar surface area (TPSA) is 47.9 Å². The summed E-state index contributed by atoms with van der Waals surface area (Å²) in [6.45, 7) is 5.47. The van der Waals surface area contributed by atoms with Crippen molar-refractivity contribution < 1.29 is 37.9 Å². The summed E-state index contributed by atoms with van der Waals surface area (Å²) in [4.78, 5) is 0. The normalized spacial score (nSPS) is 28.1. The molecule has 0 aromatic carbocycles. The van der Waals surface area contributed by atoms with E-state index in [4.69, 9.17) is 19.3 Å². The van der Waals surface area contributed by atoms with Crippen LogP contribution in [-0.4, -0.2) is 50.3 Å². The van der Waals surface area contributed by atoms with Crippen LogP contribution < -0.4 is 0 Å². The molecule has 2 atom stereocenters. The Labute approximate surface area is 166 Å². The molecule has 1 heterocycles. The summed E-state index contributed by atoms with van der Waals surface area (Å²) in [5, 5.41) is 8.68. The van der Waals surface area contributed by atoms with Crippen molar-refractivity contribution >= 4 is 0 Å². The third-order valence-electron chi connectivity index (χ3n) is 5.45. The Bertz CT molecular complexity index is 304. The summed E-state index contributed by atoms with van der Waals surface area (Å²) < 4.78 is 17.0. The van der Waals surface area contributed by atoms with Gasteiger partial charge in [0.1, 0.15) is 12.2 Å². The second-order valence-electron chi connectivity index (χ2n) is 7.40. The van der Waals surface area contributed by atoms with E-state index in [0.717, 1.165) is 19.1 Å². The number of hydrogen-bond acceptors (Lipinski definition) is 4. The standard InChI is InChI=1S/C13H24O3.C7H13O.V/c1-2-15-12-9-14-10-13(12)16-8-11-6-4-3-5-7-11;8-6-7-4-2-1-3-5-7;/h11-13H,2-10H2,1H3;1,7-8H,2-6H2;/q;-1;. The molecule has 4 nitrogen and oxygen atoms in total. The van der Waals surface area contributed by atoms with E-state index in [0.29, 0.717) is 25.7 Å². The van der Waals surface area contributed by atoms with Crippen LogP contribution in [-0.2, 0) is 32.8 Å². The molecule has 1 radical (unpaired) electrons. The van der Waals surface area contributed by atoms with Crippen LogP contribution in [0.15, 0.2) is 0 Å². The Morgan fingerprint density at radius 2 is 1.56 bits per heavy atom. The summed E-state index contributed by atoms with van der Waals surface area (Å²) in [5.41, 5.74) is 0. The summed E-state index contributed by atoms with van der Waals surface area (Å²) in [5.74, 6) is 1.39. The minimum absolute atomic E-state index is 0. The van der Waals surface area contributed by atoms with Crippen LogP contribution in [0.4, 0.5) is 0 Å². The molecule has 2 aliphatic carbocycles. The fourth-order valence-corrected chi connectivity index (χ4v) is 3.83. The fraction of sp³-hybridized carbons (Fsp3) is 0.950. The molecular formula is C20H37O4V-. The Morgan fingerprint density at radius 3 is 2.12 bits per heavy atom. The van der Waals surface area contributed by atoms with E-state index in [9.17, 15) is 0 Å². The molecule has 2 saturated carbocycles. The number of rotatable bonds is 6. The van der Waals surface area contributed by atoms with E-state index < -0.39 is 0 Å². The van der Waals surface area contributed by atoms with Gasteiger partial charge in [-0.15, -0.1) is 0 Å². The summed E-state index contributed by atoms with van der Waals surface area (Å²) >= 11 is 0. The molecule has 0 bridgehead atoms. The van der Waals surface area contributed by atoms with E-state index in [1.54, 1.807) is 0 Å². The Balaban J connectivity index is 0.000000295. The third kappa shape index (κ3) is 9.26. The molecule has 0 amide bonds. The van der Waals surface area contributed by atoms with Crippen LogP contribution in [0.1, 0.15) is 64.7 Å². The Morgan fingerprint density at radius 1 is 0.920 bits per heavy atom. The van der Waals surface area contributed by atoms with Crippen molar-refractivity contribution in [1.29, 1.82) is 0 Å². The maximum Gasteiger partial charge on any atom is 0.109 e. The van der Waals surface area contributed by atoms with Crippen LogP contribution in [0.25, 0.3) is 0 Å². The van der Waals surface area contributed by atoms with Crippen molar-refractivity contribution in [1.82, 2.24) is 0 Å². The molecule has 2 unspecified atom stereocenters. The average Bonchev–Trinajstić information content (AvgIpc) is 3.10. The maximum atomic E-state index is 8.68. The molecule has 1 saturated heterocycles. The van der Waals surface area contributed by atoms with Gasteiger partial charge in [-0.3, -0.25) is 0 Å². The third-order valence-corrected chi connectivity index (χ3v) is 5.45. The molecular weight excluding hydrogens is 355 g/mol. The van der Waals surface area contributed by atoms with Crippen molar-refractivity contribution in [3.05, 3.63) is 6.42 Å². The average molecular weight is 392 g/mol. The first-order valence-electron chi connectivity index (χ1n) is 10.1. The van der Waals surface area contributed by atoms with Crippen LogP contribution >= 0.6 is 0 Å². The maximum absolute atomic E-state index is 8.68. The monoisotopic (exact) mass is 392 g/mol. The first kappa shape index (κ1) is 23.5. The van der Waals surface area contributed by atoms with Crippen LogP contribution in [0.3, 0.4) is 0 Å². The molecule has 147 valence electrons. The zero-order valence-corrected chi connectivity index (χ0v) is 17.3. The van der Waals surface area contributed by atoms with Crippen LogP contribution in [0, 0.1) is 18.3 Å². The number of aliphatic hydroxyl groups excluding tert-OH is 1. The van der Waals surface area contributed by atoms with Gasteiger partial charge in [0.25, 0.3) is 0 Å². The summed E-state index contributed by atoms with van der Waals surface area (Å²) in [6.07, 6.45) is 14.3. The zero-order valence-electron chi connectivity index (χ0n) is 15.9. The minimum Gasteiger partial charge on any atom is -0.396 e. The molecule has 3 aliphatic rings. The molecule has 3 fully saturated rings. The molecule has 0 aromatic rings. The molecule has 3 rings (SSSR count). The fourth-order valence-electron chi connectivity index (χ4n) is 3.83. The molecule has 25 heavy (non-hydrogen) atoms. The first-order chi connectivity index (χ1) is 11.8. The van der Waals surface area contributed by atoms with Crippen molar-refractivity contribution in [2.45, 2.75) is 76.9 Å². The van der Waals surface area contributed by atoms with Gasteiger partial charge in [-0.25, -0.2) is 0 Å². The SMILES string of the molecule is CCOC1COCC1OCC1CCCCC1.OCC1CC[CH-]CC1.[V]. The molecule has 5 heteroatoms. The predicted molar refractivity (Wildman–Crippen MR) is 95.9 cm³/mol. The number of aliphatic hydroxyl groups is 1. The predicted octanol–water partition coefficient (Wildman–Crippen LogP) is 3.76. The van der Waals surface area contributed by atoms with E-state index >= 15 is 0 Å². The van der Waals surface area contributed by atoms with Gasteiger partial charge in [-0.05, 0) is 31.6 Å². The summed E-state index contributed by atoms with van der Waals surface area (Å²) in [7, 11) is 0. The quantitative estimate of drug-likeness (QED) is 0.700. The van der Waals surface area contributed by atoms with Gasteiger partial charge in [-0.1, -0.05) is 32.1 Å². The van der Waals surface area contributed by atoms with Gasteiger partial charge < -0.3 is 25.7 Å². The van der Waals surface area contributed by atoms with E-state index in [1.807, 2.05) is 6.92 Å². The van der Waals surface area contributed by atoms with E-state index in [-0.39, 0.29) is 30.8 Å². The molecule has 1 aliphatic heterocycles. The Hall–Kier alpha value is 0.424. The molecule has 0 aromatic heterocycles. The van der Waals surface area contributed by atoms with Crippen LogP contribution in [0.2, 0.25) is 0 Å². The van der Waals surface area contributed by atoms with Gasteiger partial charge in [0.05, 0.1) is 19.8 Å². The number of ether oxygens (including phenoxy) is 3. The van der Waals surface area contributed by atoms with Gasteiger partial charge in [0.2, 0.25) is 0 Å². The zero-order chi connectivity index (χ0) is 17.0. The second kappa shape index (κ2) is 14.5. The van der Waals surface area contributed by atoms with Crippen LogP contribution in [0.5, 0.6) is 0 Å². The number of hydrogen-bond donors (Lipinski definition) is 1. The van der Waals surface area contributed by atoms with Crippen molar-refractivity contribution in [2.75, 3.05) is 33.0 Å². The van der Waals surface area contributed by atoms with Crippen molar-refractivity contribution in [3.63, 3.8) is 0 Å². The van der Waals surface area contributed by atoms with Crippen molar-refractivity contribution in [2.24, 2.45) is 11.8 Å². The van der Waals surface area contributed by atoms with Gasteiger partial charge in [-0.2, -0.15) is 12.8 Å². The van der Waals surface area contributed by atoms with Crippen molar-refractivity contribution in [3.8, 4) is 0 Å². The van der Waals surface area contributed by atoms with Gasteiger partial charge in [0.15, 0.2) is 0 Å². The second-order valence-corrected chi connectivity index (χ2v) is 7.40. The largest absolute Gasteiger partial charge is 0.396 e. The molecule has 0 spiro atoms. The van der Waals surface area contributed by atoms with E-state index in [1.165, 1.54) is 57.8 Å². The molecule has 1 N–H and O–H groups in total. The smallest absolute Gasteiger partial charge is 0.109 e. The minimum atomic E-state index is 0.